The molecule has 6 heteroatoms. The Kier molecular flexibility index (Phi) is 5.47. The molecule has 1 fully saturated rings. The van der Waals surface area contributed by atoms with Crippen LogP contribution in [0.3, 0.4) is 0 Å². The third-order valence-corrected chi connectivity index (χ3v) is 6.55. The van der Waals surface area contributed by atoms with Crippen molar-refractivity contribution in [2.24, 2.45) is 15.7 Å². The van der Waals surface area contributed by atoms with Crippen molar-refractivity contribution in [2.75, 3.05) is 13.2 Å². The molecule has 2 aromatic heterocycles. The van der Waals surface area contributed by atoms with Crippen LogP contribution in [0.15, 0.2) is 34.6 Å². The first-order chi connectivity index (χ1) is 15.1. The summed E-state index contributed by atoms with van der Waals surface area (Å²) in [6.07, 6.45) is 8.35. The molecular formula is C25H30N4O2. The number of nitrogens with zero attached hydrogens (tertiary/aromatic N) is 4. The van der Waals surface area contributed by atoms with Crippen LogP contribution in [0.4, 0.5) is 0 Å². The van der Waals surface area contributed by atoms with Gasteiger partial charge in [0.05, 0.1) is 11.4 Å². The van der Waals surface area contributed by atoms with E-state index in [1.165, 1.54) is 11.1 Å². The lowest BCUT2D eigenvalue weighted by Gasteiger charge is -2.19. The lowest BCUT2D eigenvalue weighted by atomic mass is 9.94. The summed E-state index contributed by atoms with van der Waals surface area (Å²) >= 11 is 0. The molecule has 1 saturated carbocycles. The zero-order chi connectivity index (χ0) is 21.3. The second-order valence-corrected chi connectivity index (χ2v) is 9.25. The van der Waals surface area contributed by atoms with Crippen LogP contribution < -0.4 is 0 Å². The van der Waals surface area contributed by atoms with Gasteiger partial charge in [0.2, 0.25) is 0 Å². The van der Waals surface area contributed by atoms with Gasteiger partial charge in [0.15, 0.2) is 0 Å². The summed E-state index contributed by atoms with van der Waals surface area (Å²) in [4.78, 5) is 21.0. The third kappa shape index (κ3) is 4.48. The van der Waals surface area contributed by atoms with Crippen LogP contribution in [0.2, 0.25) is 0 Å². The summed E-state index contributed by atoms with van der Waals surface area (Å²) in [5, 5.41) is 8.96. The van der Waals surface area contributed by atoms with Gasteiger partial charge in [0, 0.05) is 16.8 Å². The minimum absolute atomic E-state index is 0.0309. The van der Waals surface area contributed by atoms with Crippen molar-refractivity contribution in [1.29, 1.82) is 0 Å². The maximum atomic E-state index is 5.82. The van der Waals surface area contributed by atoms with Crippen LogP contribution in [-0.4, -0.2) is 34.6 Å². The molecule has 0 bridgehead atoms. The molecule has 0 aliphatic heterocycles. The molecule has 31 heavy (non-hydrogen) atoms. The molecule has 0 atom stereocenters. The highest BCUT2D eigenvalue weighted by molar-refractivity contribution is 6.01. The normalized spacial score (nSPS) is 21.5. The zero-order valence-corrected chi connectivity index (χ0v) is 18.5. The third-order valence-electron chi connectivity index (χ3n) is 6.55. The maximum Gasteiger partial charge on any atom is 0.126 e. The molecule has 0 unspecified atom stereocenters. The lowest BCUT2D eigenvalue weighted by Crippen LogP contribution is -2.19. The fourth-order valence-electron chi connectivity index (χ4n) is 4.38. The molecule has 6 nitrogen and oxygen atoms in total. The van der Waals surface area contributed by atoms with E-state index < -0.39 is 0 Å². The predicted octanol–water partition coefficient (Wildman–Crippen LogP) is 4.69. The lowest BCUT2D eigenvalue weighted by molar-refractivity contribution is 0.0316. The predicted molar refractivity (Wildman–Crippen MR) is 120 cm³/mol. The van der Waals surface area contributed by atoms with Gasteiger partial charge in [-0.3, -0.25) is 9.97 Å². The van der Waals surface area contributed by atoms with Crippen molar-refractivity contribution in [2.45, 2.75) is 65.2 Å². The van der Waals surface area contributed by atoms with Gasteiger partial charge in [0.25, 0.3) is 0 Å². The van der Waals surface area contributed by atoms with E-state index in [0.717, 1.165) is 85.6 Å². The average Bonchev–Trinajstić information content (AvgIpc) is 3.54. The molecule has 3 aliphatic carbocycles. The van der Waals surface area contributed by atoms with Crippen molar-refractivity contribution in [3.63, 3.8) is 0 Å². The summed E-state index contributed by atoms with van der Waals surface area (Å²) in [6, 6.07) is 8.48. The van der Waals surface area contributed by atoms with E-state index >= 15 is 0 Å². The number of rotatable bonds is 6. The Hall–Kier alpha value is -2.76. The van der Waals surface area contributed by atoms with Crippen LogP contribution in [0, 0.1) is 19.3 Å². The first-order valence-electron chi connectivity index (χ1n) is 11.4. The summed E-state index contributed by atoms with van der Waals surface area (Å²) in [5.74, 6) is 0. The molecule has 5 rings (SSSR count). The Bertz CT molecular complexity index is 960. The highest BCUT2D eigenvalue weighted by atomic mass is 16.6. The fourth-order valence-corrected chi connectivity index (χ4v) is 4.38. The number of hydrogen-bond donors (Lipinski definition) is 0. The van der Waals surface area contributed by atoms with Crippen molar-refractivity contribution in [1.82, 2.24) is 9.97 Å². The van der Waals surface area contributed by atoms with Crippen molar-refractivity contribution in [3.05, 3.63) is 58.2 Å². The van der Waals surface area contributed by atoms with Crippen LogP contribution in [0.25, 0.3) is 0 Å². The first-order valence-corrected chi connectivity index (χ1v) is 11.4. The molecule has 162 valence electrons. The summed E-state index contributed by atoms with van der Waals surface area (Å²) < 4.78 is 0. The summed E-state index contributed by atoms with van der Waals surface area (Å²) in [6.45, 7) is 5.17. The number of aryl methyl sites for hydroxylation is 4. The number of hydrogen-bond acceptors (Lipinski definition) is 6. The van der Waals surface area contributed by atoms with E-state index in [4.69, 9.17) is 19.6 Å². The minimum atomic E-state index is 0.0309. The summed E-state index contributed by atoms with van der Waals surface area (Å²) in [5.41, 5.74) is 8.59. The number of pyridine rings is 2. The van der Waals surface area contributed by atoms with E-state index in [1.54, 1.807) is 0 Å². The monoisotopic (exact) mass is 418 g/mol. The Morgan fingerprint density at radius 1 is 0.742 bits per heavy atom. The second kappa shape index (κ2) is 8.40. The molecule has 2 heterocycles. The first kappa shape index (κ1) is 20.2. The van der Waals surface area contributed by atoms with E-state index in [0.29, 0.717) is 13.2 Å². The van der Waals surface area contributed by atoms with Crippen LogP contribution in [0.1, 0.15) is 72.4 Å². The Balaban J connectivity index is 1.20. The largest absolute Gasteiger partial charge is 0.395 e. The molecular weight excluding hydrogens is 388 g/mol. The zero-order valence-electron chi connectivity index (χ0n) is 18.5. The van der Waals surface area contributed by atoms with Gasteiger partial charge in [0.1, 0.15) is 24.6 Å². The highest BCUT2D eigenvalue weighted by Gasteiger charge is 2.45. The highest BCUT2D eigenvalue weighted by Crippen LogP contribution is 2.46. The van der Waals surface area contributed by atoms with E-state index in [2.05, 4.69) is 34.6 Å². The molecule has 0 saturated heterocycles. The van der Waals surface area contributed by atoms with Gasteiger partial charge >= 0.3 is 0 Å². The van der Waals surface area contributed by atoms with Gasteiger partial charge in [-0.1, -0.05) is 22.4 Å². The van der Waals surface area contributed by atoms with Gasteiger partial charge in [-0.25, -0.2) is 0 Å². The van der Waals surface area contributed by atoms with Gasteiger partial charge < -0.3 is 9.68 Å². The standard InChI is InChI=1S/C25H30N4O2/c1-17-9-11-19-5-3-7-21(23(19)26-17)28-30-15-25(13-14-25)16-31-29-22-8-4-6-20-12-10-18(2)27-24(20)22/h9-12H,3-8,13-16H2,1-2H3. The number of fused-ring (bicyclic) bond motifs is 2. The molecule has 0 aromatic carbocycles. The Morgan fingerprint density at radius 3 is 1.68 bits per heavy atom. The fraction of sp³-hybridized carbons (Fsp3) is 0.520. The molecule has 0 radical (unpaired) electrons. The van der Waals surface area contributed by atoms with Gasteiger partial charge in [-0.05, 0) is 88.5 Å². The number of aromatic nitrogens is 2. The molecule has 0 spiro atoms. The maximum absolute atomic E-state index is 5.82. The van der Waals surface area contributed by atoms with Gasteiger partial charge in [-0.2, -0.15) is 0 Å². The van der Waals surface area contributed by atoms with Crippen LogP contribution >= 0.6 is 0 Å². The van der Waals surface area contributed by atoms with Crippen molar-refractivity contribution < 1.29 is 9.68 Å². The van der Waals surface area contributed by atoms with Gasteiger partial charge in [-0.15, -0.1) is 0 Å². The SMILES string of the molecule is Cc1ccc2c(n1)C(=NOCC1(CON=C3CCCc4ccc(C)nc43)CC1)CCC2. The van der Waals surface area contributed by atoms with E-state index in [-0.39, 0.29) is 5.41 Å². The quantitative estimate of drug-likeness (QED) is 0.638. The Labute approximate surface area is 183 Å². The molecule has 3 aliphatic rings. The van der Waals surface area contributed by atoms with E-state index in [1.807, 2.05) is 13.8 Å². The van der Waals surface area contributed by atoms with Crippen molar-refractivity contribution in [3.8, 4) is 0 Å². The second-order valence-electron chi connectivity index (χ2n) is 9.25. The molecule has 2 aromatic rings. The van der Waals surface area contributed by atoms with Crippen molar-refractivity contribution >= 4 is 11.4 Å². The molecule has 0 amide bonds. The smallest absolute Gasteiger partial charge is 0.126 e. The van der Waals surface area contributed by atoms with Crippen LogP contribution in [0.5, 0.6) is 0 Å². The Morgan fingerprint density at radius 2 is 1.23 bits per heavy atom. The van der Waals surface area contributed by atoms with Crippen LogP contribution in [-0.2, 0) is 22.5 Å². The minimum Gasteiger partial charge on any atom is -0.395 e. The van der Waals surface area contributed by atoms with E-state index in [9.17, 15) is 0 Å². The topological polar surface area (TPSA) is 69.0 Å². The average molecular weight is 419 g/mol. The number of oxime groups is 2. The summed E-state index contributed by atoms with van der Waals surface area (Å²) in [7, 11) is 0. The molecule has 0 N–H and O–H groups in total.